The standard InChI is InChI=1S/C21H26N4O2S/c1-6-25(5)15-23-20-11-17(4)21(12-16(20)3)27-18-9-8-10-19(13-18)28(26,7-2)24-14-22/h8-13,15H,6-7H2,1-5H3/b23-15-. The Morgan fingerprint density at radius 1 is 1.21 bits per heavy atom. The minimum absolute atomic E-state index is 0.265. The molecule has 0 saturated heterocycles. The van der Waals surface area contributed by atoms with Crippen LogP contribution in [0, 0.1) is 25.3 Å². The van der Waals surface area contributed by atoms with Crippen molar-refractivity contribution in [1.82, 2.24) is 4.90 Å². The number of rotatable bonds is 7. The van der Waals surface area contributed by atoms with Gasteiger partial charge >= 0.3 is 0 Å². The van der Waals surface area contributed by atoms with Crippen LogP contribution in [0.25, 0.3) is 0 Å². The molecule has 0 aliphatic carbocycles. The Morgan fingerprint density at radius 2 is 1.96 bits per heavy atom. The summed E-state index contributed by atoms with van der Waals surface area (Å²) in [4.78, 5) is 7.02. The number of nitriles is 1. The Morgan fingerprint density at radius 3 is 2.61 bits per heavy atom. The fourth-order valence-electron chi connectivity index (χ4n) is 2.48. The highest BCUT2D eigenvalue weighted by Gasteiger charge is 2.13. The maximum atomic E-state index is 12.8. The number of hydrogen-bond acceptors (Lipinski definition) is 5. The molecule has 0 radical (unpaired) electrons. The lowest BCUT2D eigenvalue weighted by Crippen LogP contribution is -2.14. The molecule has 0 aliphatic heterocycles. The third-order valence-electron chi connectivity index (χ3n) is 4.37. The van der Waals surface area contributed by atoms with Crippen LogP contribution in [0.1, 0.15) is 25.0 Å². The van der Waals surface area contributed by atoms with Gasteiger partial charge in [-0.25, -0.2) is 9.20 Å². The average Bonchev–Trinajstić information content (AvgIpc) is 2.69. The highest BCUT2D eigenvalue weighted by molar-refractivity contribution is 7.93. The fourth-order valence-corrected chi connectivity index (χ4v) is 3.77. The van der Waals surface area contributed by atoms with E-state index in [1.54, 1.807) is 37.4 Å². The first-order valence-corrected chi connectivity index (χ1v) is 10.8. The van der Waals surface area contributed by atoms with E-state index in [1.807, 2.05) is 44.3 Å². The van der Waals surface area contributed by atoms with Crippen LogP contribution in [0.5, 0.6) is 11.5 Å². The van der Waals surface area contributed by atoms with Crippen LogP contribution in [-0.4, -0.2) is 34.8 Å². The van der Waals surface area contributed by atoms with Gasteiger partial charge in [-0.05, 0) is 62.2 Å². The van der Waals surface area contributed by atoms with Crippen molar-refractivity contribution in [2.24, 2.45) is 9.36 Å². The SMILES string of the molecule is CCN(C)/C=N\c1cc(C)c(Oc2cccc(S(=O)(CC)=NC#N)c2)cc1C. The van der Waals surface area contributed by atoms with Gasteiger partial charge < -0.3 is 9.64 Å². The molecule has 0 aliphatic rings. The summed E-state index contributed by atoms with van der Waals surface area (Å²) >= 11 is 0. The van der Waals surface area contributed by atoms with E-state index < -0.39 is 9.73 Å². The van der Waals surface area contributed by atoms with E-state index >= 15 is 0 Å². The maximum absolute atomic E-state index is 12.8. The van der Waals surface area contributed by atoms with Gasteiger partial charge in [0.2, 0.25) is 6.19 Å². The third kappa shape index (κ3) is 5.11. The number of hydrogen-bond donors (Lipinski definition) is 0. The van der Waals surface area contributed by atoms with Crippen molar-refractivity contribution in [1.29, 1.82) is 5.26 Å². The summed E-state index contributed by atoms with van der Waals surface area (Å²) in [5.74, 6) is 1.52. The van der Waals surface area contributed by atoms with E-state index in [2.05, 4.69) is 16.3 Å². The minimum Gasteiger partial charge on any atom is -0.457 e. The first-order valence-electron chi connectivity index (χ1n) is 9.09. The Balaban J connectivity index is 2.35. The van der Waals surface area contributed by atoms with Crippen molar-refractivity contribution in [2.45, 2.75) is 32.6 Å². The van der Waals surface area contributed by atoms with Gasteiger partial charge in [0, 0.05) is 19.3 Å². The second-order valence-electron chi connectivity index (χ2n) is 6.42. The summed E-state index contributed by atoms with van der Waals surface area (Å²) in [6, 6.07) is 10.9. The van der Waals surface area contributed by atoms with E-state index in [-0.39, 0.29) is 5.75 Å². The lowest BCUT2D eigenvalue weighted by molar-refractivity contribution is 0.477. The molecule has 7 heteroatoms. The van der Waals surface area contributed by atoms with Crippen molar-refractivity contribution in [2.75, 3.05) is 19.3 Å². The van der Waals surface area contributed by atoms with Gasteiger partial charge in [-0.15, -0.1) is 4.36 Å². The number of aryl methyl sites for hydroxylation is 2. The van der Waals surface area contributed by atoms with Gasteiger partial charge in [0.25, 0.3) is 0 Å². The number of nitrogens with zero attached hydrogens (tertiary/aromatic N) is 4. The van der Waals surface area contributed by atoms with Crippen LogP contribution in [-0.2, 0) is 9.73 Å². The highest BCUT2D eigenvalue weighted by atomic mass is 32.2. The van der Waals surface area contributed by atoms with Crippen molar-refractivity contribution in [3.05, 3.63) is 47.5 Å². The Labute approximate surface area is 167 Å². The van der Waals surface area contributed by atoms with Gasteiger partial charge in [0.1, 0.15) is 11.5 Å². The highest BCUT2D eigenvalue weighted by Crippen LogP contribution is 2.32. The molecule has 2 rings (SSSR count). The molecule has 6 nitrogen and oxygen atoms in total. The van der Waals surface area contributed by atoms with Crippen molar-refractivity contribution >= 4 is 21.8 Å². The van der Waals surface area contributed by atoms with Crippen molar-refractivity contribution in [3.8, 4) is 17.7 Å². The van der Waals surface area contributed by atoms with E-state index in [4.69, 9.17) is 10.00 Å². The van der Waals surface area contributed by atoms with Crippen molar-refractivity contribution in [3.63, 3.8) is 0 Å². The number of aliphatic imine (C=N–C) groups is 1. The Kier molecular flexibility index (Phi) is 7.18. The lowest BCUT2D eigenvalue weighted by Gasteiger charge is -2.14. The molecule has 148 valence electrons. The summed E-state index contributed by atoms with van der Waals surface area (Å²) in [6.07, 6.45) is 3.48. The molecule has 0 saturated carbocycles. The molecule has 0 heterocycles. The van der Waals surface area contributed by atoms with Crippen LogP contribution in [0.4, 0.5) is 5.69 Å². The van der Waals surface area contributed by atoms with E-state index in [9.17, 15) is 4.21 Å². The maximum Gasteiger partial charge on any atom is 0.214 e. The van der Waals surface area contributed by atoms with E-state index in [1.165, 1.54) is 0 Å². The zero-order valence-electron chi connectivity index (χ0n) is 17.0. The summed E-state index contributed by atoms with van der Waals surface area (Å²) in [6.45, 7) is 8.64. The van der Waals surface area contributed by atoms with Crippen LogP contribution < -0.4 is 4.74 Å². The molecule has 0 bridgehead atoms. The molecule has 2 aromatic rings. The molecular formula is C21H26N4O2S. The van der Waals surface area contributed by atoms with Gasteiger partial charge in [-0.3, -0.25) is 0 Å². The first kappa shape index (κ1) is 21.5. The van der Waals surface area contributed by atoms with E-state index in [0.717, 1.165) is 23.4 Å². The van der Waals surface area contributed by atoms with Crippen molar-refractivity contribution < 1.29 is 8.95 Å². The third-order valence-corrected chi connectivity index (χ3v) is 6.52. The van der Waals surface area contributed by atoms with Gasteiger partial charge in [-0.1, -0.05) is 13.0 Å². The largest absolute Gasteiger partial charge is 0.457 e. The van der Waals surface area contributed by atoms with Crippen LogP contribution in [0.2, 0.25) is 0 Å². The summed E-state index contributed by atoms with van der Waals surface area (Å²) < 4.78 is 22.5. The zero-order chi connectivity index (χ0) is 20.7. The topological polar surface area (TPSA) is 78.0 Å². The minimum atomic E-state index is -2.75. The van der Waals surface area contributed by atoms with Crippen LogP contribution in [0.15, 0.2) is 50.6 Å². The molecule has 0 aromatic heterocycles. The molecule has 28 heavy (non-hydrogen) atoms. The summed E-state index contributed by atoms with van der Waals surface area (Å²) in [5, 5.41) is 8.84. The number of ether oxygens (including phenoxy) is 1. The Bertz CT molecular complexity index is 1030. The van der Waals surface area contributed by atoms with Crippen LogP contribution >= 0.6 is 0 Å². The molecule has 0 spiro atoms. The molecule has 0 fully saturated rings. The van der Waals surface area contributed by atoms with Gasteiger partial charge in [0.05, 0.1) is 26.7 Å². The predicted molar refractivity (Wildman–Crippen MR) is 114 cm³/mol. The smallest absolute Gasteiger partial charge is 0.214 e. The molecule has 2 aromatic carbocycles. The Hall–Kier alpha value is -2.85. The number of benzene rings is 2. The van der Waals surface area contributed by atoms with E-state index in [0.29, 0.717) is 16.4 Å². The second-order valence-corrected chi connectivity index (χ2v) is 8.93. The zero-order valence-corrected chi connectivity index (χ0v) is 17.8. The normalized spacial score (nSPS) is 13.0. The molecule has 1 unspecified atom stereocenters. The monoisotopic (exact) mass is 398 g/mol. The van der Waals surface area contributed by atoms with Gasteiger partial charge in [0.15, 0.2) is 0 Å². The summed E-state index contributed by atoms with van der Waals surface area (Å²) in [7, 11) is -0.778. The molecule has 0 N–H and O–H groups in total. The predicted octanol–water partition coefficient (Wildman–Crippen LogP) is 5.04. The molecule has 0 amide bonds. The second kappa shape index (κ2) is 9.38. The molecule has 1 atom stereocenters. The quantitative estimate of drug-likeness (QED) is 0.372. The average molecular weight is 399 g/mol. The summed E-state index contributed by atoms with van der Waals surface area (Å²) in [5.41, 5.74) is 2.83. The van der Waals surface area contributed by atoms with Crippen LogP contribution in [0.3, 0.4) is 0 Å². The van der Waals surface area contributed by atoms with Gasteiger partial charge in [-0.2, -0.15) is 5.26 Å². The lowest BCUT2D eigenvalue weighted by atomic mass is 10.1. The fraction of sp³-hybridized carbons (Fsp3) is 0.333. The first-order chi connectivity index (χ1) is 13.3. The molecular weight excluding hydrogens is 372 g/mol.